The van der Waals surface area contributed by atoms with E-state index in [9.17, 15) is 9.18 Å². The maximum absolute atomic E-state index is 12.9. The predicted octanol–water partition coefficient (Wildman–Crippen LogP) is 4.13. The van der Waals surface area contributed by atoms with Crippen LogP contribution < -0.4 is 0 Å². The Bertz CT molecular complexity index is 507. The van der Waals surface area contributed by atoms with Gasteiger partial charge in [-0.25, -0.2) is 4.39 Å². The first-order chi connectivity index (χ1) is 7.20. The predicted molar refractivity (Wildman–Crippen MR) is 62.8 cm³/mol. The number of aldehydes is 1. The van der Waals surface area contributed by atoms with E-state index in [1.807, 2.05) is 6.07 Å². The molecule has 0 unspecified atom stereocenters. The zero-order chi connectivity index (χ0) is 10.8. The van der Waals surface area contributed by atoms with Gasteiger partial charge in [0.25, 0.3) is 0 Å². The third kappa shape index (κ3) is 2.16. The average Bonchev–Trinajstić information content (AvgIpc) is 2.66. The van der Waals surface area contributed by atoms with Gasteiger partial charge in [-0.2, -0.15) is 0 Å². The SMILES string of the molecule is O=Cc1ccc(-c2ccc(F)cc2Br)s1. The normalized spacial score (nSPS) is 10.3. The Morgan fingerprint density at radius 3 is 2.67 bits per heavy atom. The Hall–Kier alpha value is -1.00. The van der Waals surface area contributed by atoms with Gasteiger partial charge < -0.3 is 0 Å². The summed E-state index contributed by atoms with van der Waals surface area (Å²) >= 11 is 4.68. The molecule has 1 heterocycles. The van der Waals surface area contributed by atoms with Crippen molar-refractivity contribution in [2.45, 2.75) is 0 Å². The first-order valence-electron chi connectivity index (χ1n) is 4.21. The molecule has 1 nitrogen and oxygen atoms in total. The molecule has 0 N–H and O–H groups in total. The minimum absolute atomic E-state index is 0.280. The molecule has 0 aliphatic heterocycles. The molecule has 76 valence electrons. The molecule has 0 spiro atoms. The van der Waals surface area contributed by atoms with Gasteiger partial charge in [-0.3, -0.25) is 4.79 Å². The Balaban J connectivity index is 2.49. The fraction of sp³-hybridized carbons (Fsp3) is 0. The summed E-state index contributed by atoms with van der Waals surface area (Å²) in [4.78, 5) is 12.1. The summed E-state index contributed by atoms with van der Waals surface area (Å²) < 4.78 is 13.5. The lowest BCUT2D eigenvalue weighted by Crippen LogP contribution is -1.78. The summed E-state index contributed by atoms with van der Waals surface area (Å²) in [5, 5.41) is 0. The van der Waals surface area contributed by atoms with Crippen LogP contribution >= 0.6 is 27.3 Å². The third-order valence-electron chi connectivity index (χ3n) is 1.94. The molecular formula is C11H6BrFOS. The Morgan fingerprint density at radius 2 is 2.07 bits per heavy atom. The lowest BCUT2D eigenvalue weighted by molar-refractivity contribution is 0.112. The zero-order valence-corrected chi connectivity index (χ0v) is 9.94. The highest BCUT2D eigenvalue weighted by molar-refractivity contribution is 9.10. The molecule has 0 amide bonds. The molecule has 4 heteroatoms. The van der Waals surface area contributed by atoms with Crippen molar-refractivity contribution in [2.24, 2.45) is 0 Å². The van der Waals surface area contributed by atoms with E-state index in [1.165, 1.54) is 23.5 Å². The van der Waals surface area contributed by atoms with Crippen LogP contribution in [0.5, 0.6) is 0 Å². The van der Waals surface area contributed by atoms with E-state index in [4.69, 9.17) is 0 Å². The van der Waals surface area contributed by atoms with E-state index in [2.05, 4.69) is 15.9 Å². The van der Waals surface area contributed by atoms with Crippen LogP contribution in [-0.4, -0.2) is 6.29 Å². The zero-order valence-electron chi connectivity index (χ0n) is 7.54. The highest BCUT2D eigenvalue weighted by Crippen LogP contribution is 2.33. The molecule has 2 rings (SSSR count). The molecule has 0 bridgehead atoms. The van der Waals surface area contributed by atoms with Crippen LogP contribution in [0.25, 0.3) is 10.4 Å². The summed E-state index contributed by atoms with van der Waals surface area (Å²) in [7, 11) is 0. The summed E-state index contributed by atoms with van der Waals surface area (Å²) in [6, 6.07) is 8.12. The second-order valence-electron chi connectivity index (χ2n) is 2.94. The van der Waals surface area contributed by atoms with Crippen LogP contribution in [0.1, 0.15) is 9.67 Å². The van der Waals surface area contributed by atoms with Crippen LogP contribution in [0.15, 0.2) is 34.8 Å². The smallest absolute Gasteiger partial charge is 0.160 e. The Kier molecular flexibility index (Phi) is 2.98. The molecule has 0 saturated heterocycles. The molecular weight excluding hydrogens is 279 g/mol. The molecule has 2 aromatic rings. The highest BCUT2D eigenvalue weighted by atomic mass is 79.9. The van der Waals surface area contributed by atoms with Gasteiger partial charge in [-0.15, -0.1) is 11.3 Å². The maximum Gasteiger partial charge on any atom is 0.160 e. The summed E-state index contributed by atoms with van der Waals surface area (Å²) in [6.07, 6.45) is 0.811. The second-order valence-corrected chi connectivity index (χ2v) is 4.91. The van der Waals surface area contributed by atoms with E-state index in [-0.39, 0.29) is 5.82 Å². The Morgan fingerprint density at radius 1 is 1.27 bits per heavy atom. The van der Waals surface area contributed by atoms with Crippen molar-refractivity contribution >= 4 is 33.6 Å². The van der Waals surface area contributed by atoms with Crippen molar-refractivity contribution < 1.29 is 9.18 Å². The van der Waals surface area contributed by atoms with E-state index < -0.39 is 0 Å². The topological polar surface area (TPSA) is 17.1 Å². The second kappa shape index (κ2) is 4.24. The van der Waals surface area contributed by atoms with Gasteiger partial charge in [0, 0.05) is 14.9 Å². The molecule has 0 saturated carbocycles. The van der Waals surface area contributed by atoms with Crippen molar-refractivity contribution in [3.63, 3.8) is 0 Å². The van der Waals surface area contributed by atoms with Crippen LogP contribution in [0.4, 0.5) is 4.39 Å². The molecule has 0 fully saturated rings. The number of rotatable bonds is 2. The van der Waals surface area contributed by atoms with Crippen LogP contribution in [0, 0.1) is 5.82 Å². The number of halogens is 2. The summed E-state index contributed by atoms with van der Waals surface area (Å²) in [5.74, 6) is -0.280. The van der Waals surface area contributed by atoms with Gasteiger partial charge in [0.1, 0.15) is 5.82 Å². The first kappa shape index (κ1) is 10.5. The number of benzene rings is 1. The Labute approximate surface area is 98.7 Å². The number of hydrogen-bond acceptors (Lipinski definition) is 2. The monoisotopic (exact) mass is 284 g/mol. The third-order valence-corrected chi connectivity index (χ3v) is 3.64. The molecule has 1 aromatic carbocycles. The summed E-state index contributed by atoms with van der Waals surface area (Å²) in [6.45, 7) is 0. The number of carbonyl (C=O) groups excluding carboxylic acids is 1. The number of carbonyl (C=O) groups is 1. The lowest BCUT2D eigenvalue weighted by atomic mass is 10.2. The highest BCUT2D eigenvalue weighted by Gasteiger charge is 2.06. The van der Waals surface area contributed by atoms with Gasteiger partial charge in [-0.1, -0.05) is 15.9 Å². The van der Waals surface area contributed by atoms with Gasteiger partial charge >= 0.3 is 0 Å². The summed E-state index contributed by atoms with van der Waals surface area (Å²) in [5.41, 5.74) is 0.898. The van der Waals surface area contributed by atoms with Gasteiger partial charge in [0.05, 0.1) is 4.88 Å². The van der Waals surface area contributed by atoms with Crippen LogP contribution in [-0.2, 0) is 0 Å². The lowest BCUT2D eigenvalue weighted by Gasteiger charge is -2.00. The minimum atomic E-state index is -0.280. The van der Waals surface area contributed by atoms with Gasteiger partial charge in [-0.05, 0) is 30.3 Å². The van der Waals surface area contributed by atoms with E-state index in [0.717, 1.165) is 16.7 Å². The van der Waals surface area contributed by atoms with Crippen molar-refractivity contribution in [3.8, 4) is 10.4 Å². The molecule has 0 radical (unpaired) electrons. The van der Waals surface area contributed by atoms with Crippen molar-refractivity contribution in [1.29, 1.82) is 0 Å². The van der Waals surface area contributed by atoms with Crippen molar-refractivity contribution in [2.75, 3.05) is 0 Å². The maximum atomic E-state index is 12.9. The molecule has 0 aliphatic carbocycles. The number of hydrogen-bond donors (Lipinski definition) is 0. The first-order valence-corrected chi connectivity index (χ1v) is 5.82. The van der Waals surface area contributed by atoms with E-state index in [1.54, 1.807) is 12.1 Å². The van der Waals surface area contributed by atoms with Crippen molar-refractivity contribution in [1.82, 2.24) is 0 Å². The fourth-order valence-corrected chi connectivity index (χ4v) is 2.81. The minimum Gasteiger partial charge on any atom is -0.297 e. The molecule has 1 aromatic heterocycles. The fourth-order valence-electron chi connectivity index (χ4n) is 1.25. The largest absolute Gasteiger partial charge is 0.297 e. The molecule has 0 aliphatic rings. The van der Waals surface area contributed by atoms with Gasteiger partial charge in [0.2, 0.25) is 0 Å². The average molecular weight is 285 g/mol. The standard InChI is InChI=1S/C11H6BrFOS/c12-10-5-7(13)1-3-9(10)11-4-2-8(6-14)15-11/h1-6H. The van der Waals surface area contributed by atoms with Gasteiger partial charge in [0.15, 0.2) is 6.29 Å². The van der Waals surface area contributed by atoms with Crippen LogP contribution in [0.3, 0.4) is 0 Å². The quantitative estimate of drug-likeness (QED) is 0.758. The number of thiophene rings is 1. The van der Waals surface area contributed by atoms with E-state index in [0.29, 0.717) is 9.35 Å². The molecule has 15 heavy (non-hydrogen) atoms. The van der Waals surface area contributed by atoms with Crippen molar-refractivity contribution in [3.05, 3.63) is 45.5 Å². The molecule has 0 atom stereocenters. The van der Waals surface area contributed by atoms with E-state index >= 15 is 0 Å². The van der Waals surface area contributed by atoms with Crippen LogP contribution in [0.2, 0.25) is 0 Å².